The van der Waals surface area contributed by atoms with E-state index in [9.17, 15) is 11.0 Å². The number of pyridine rings is 1. The number of halogens is 2. The van der Waals surface area contributed by atoms with Crippen molar-refractivity contribution in [3.63, 3.8) is 0 Å². The van der Waals surface area contributed by atoms with Gasteiger partial charge >= 0.3 is 0 Å². The summed E-state index contributed by atoms with van der Waals surface area (Å²) in [5, 5.41) is 28.1. The predicted molar refractivity (Wildman–Crippen MR) is 143 cm³/mol. The van der Waals surface area contributed by atoms with Crippen LogP contribution in [0.2, 0.25) is 5.02 Å². The summed E-state index contributed by atoms with van der Waals surface area (Å²) in [6.45, 7) is 2.06. The van der Waals surface area contributed by atoms with Crippen molar-refractivity contribution in [2.45, 2.75) is 25.4 Å². The number of nitrogens with one attached hydrogen (secondary N) is 3. The van der Waals surface area contributed by atoms with E-state index in [1.165, 1.54) is 36.7 Å². The fourth-order valence-electron chi connectivity index (χ4n) is 4.22. The molecule has 9 heteroatoms. The molecule has 0 saturated carbocycles. The fraction of sp³-hybridized carbons (Fsp3) is 0.143. The summed E-state index contributed by atoms with van der Waals surface area (Å²) in [6, 6.07) is 19.6. The number of nitrogens with zero attached hydrogens (tertiary/aromatic N) is 4. The van der Waals surface area contributed by atoms with Gasteiger partial charge in [0.1, 0.15) is 17.6 Å². The Hall–Kier alpha value is -4.48. The lowest BCUT2D eigenvalue weighted by Gasteiger charge is -2.22. The summed E-state index contributed by atoms with van der Waals surface area (Å²) in [4.78, 5) is 4.44. The lowest BCUT2D eigenvalue weighted by atomic mass is 10.0. The summed E-state index contributed by atoms with van der Waals surface area (Å²) in [5.74, 6) is -0.417. The van der Waals surface area contributed by atoms with Gasteiger partial charge in [-0.1, -0.05) is 61.0 Å². The van der Waals surface area contributed by atoms with Gasteiger partial charge in [-0.2, -0.15) is 20.7 Å². The van der Waals surface area contributed by atoms with Crippen LogP contribution in [0.4, 0.5) is 15.8 Å². The molecule has 7 nitrogen and oxygen atoms in total. The number of hydrogen-bond donors (Lipinski definition) is 3. The molecule has 0 amide bonds. The second-order valence-corrected chi connectivity index (χ2v) is 8.80. The normalized spacial score (nSPS) is 13.8. The predicted octanol–water partition coefficient (Wildman–Crippen LogP) is 6.78. The van der Waals surface area contributed by atoms with Crippen LogP contribution in [0.1, 0.15) is 49.2 Å². The molecule has 5 aromatic rings. The number of rotatable bonds is 8. The van der Waals surface area contributed by atoms with Crippen LogP contribution in [0.3, 0.4) is 0 Å². The third-order valence-electron chi connectivity index (χ3n) is 6.05. The molecule has 2 unspecified atom stereocenters. The van der Waals surface area contributed by atoms with E-state index < -0.39 is 11.8 Å². The largest absolute Gasteiger partial charge is 0.377 e. The highest BCUT2D eigenvalue weighted by molar-refractivity contribution is 6.35. The molecule has 0 bridgehead atoms. The Morgan fingerprint density at radius 3 is 2.54 bits per heavy atom. The molecule has 0 aliphatic carbocycles. The van der Waals surface area contributed by atoms with Crippen molar-refractivity contribution in [1.29, 1.82) is 5.26 Å². The first-order valence-electron chi connectivity index (χ1n) is 12.2. The topological polar surface area (TPSA) is 102 Å². The average Bonchev–Trinajstić information content (AvgIpc) is 3.48. The maximum Gasteiger partial charge on any atom is 0.123 e. The number of hydrogen-bond acceptors (Lipinski definition) is 6. The molecule has 0 aliphatic rings. The van der Waals surface area contributed by atoms with Crippen LogP contribution in [0, 0.1) is 17.1 Å². The third-order valence-corrected chi connectivity index (χ3v) is 6.34. The molecule has 0 spiro atoms. The molecule has 37 heavy (non-hydrogen) atoms. The number of H-pyrrole nitrogens is 1. The van der Waals surface area contributed by atoms with Gasteiger partial charge in [0.15, 0.2) is 0 Å². The summed E-state index contributed by atoms with van der Waals surface area (Å²) in [7, 11) is 0. The van der Waals surface area contributed by atoms with E-state index in [2.05, 4.69) is 44.0 Å². The van der Waals surface area contributed by atoms with Crippen LogP contribution in [-0.4, -0.2) is 20.4 Å². The van der Waals surface area contributed by atoms with Crippen molar-refractivity contribution in [2.24, 2.45) is 0 Å². The van der Waals surface area contributed by atoms with Crippen molar-refractivity contribution < 1.29 is 5.76 Å². The second-order valence-electron chi connectivity index (χ2n) is 8.39. The smallest absolute Gasteiger partial charge is 0.123 e. The summed E-state index contributed by atoms with van der Waals surface area (Å²) in [5.41, 5.74) is 3.76. The van der Waals surface area contributed by atoms with E-state index in [0.717, 1.165) is 12.0 Å². The summed E-state index contributed by atoms with van der Waals surface area (Å²) in [6.07, 6.45) is 3.71. The van der Waals surface area contributed by atoms with Crippen LogP contribution in [0.25, 0.3) is 10.9 Å². The van der Waals surface area contributed by atoms with E-state index in [0.29, 0.717) is 38.4 Å². The first-order valence-corrected chi connectivity index (χ1v) is 12.0. The zero-order valence-electron chi connectivity index (χ0n) is 20.8. The second kappa shape index (κ2) is 10.6. The molecule has 0 aliphatic heterocycles. The zero-order chi connectivity index (χ0) is 26.7. The molecule has 0 radical (unpaired) electrons. The van der Waals surface area contributed by atoms with Gasteiger partial charge in [0.05, 0.1) is 41.4 Å². The number of anilines is 2. The minimum atomic E-state index is -1.62. The lowest BCUT2D eigenvalue weighted by molar-refractivity contribution is 0.626. The molecule has 2 atom stereocenters. The Morgan fingerprint density at radius 2 is 1.86 bits per heavy atom. The van der Waals surface area contributed by atoms with Crippen molar-refractivity contribution in [1.82, 2.24) is 20.4 Å². The van der Waals surface area contributed by atoms with Gasteiger partial charge in [-0.15, -0.1) is 0 Å². The summed E-state index contributed by atoms with van der Waals surface area (Å²) >= 11 is 6.68. The van der Waals surface area contributed by atoms with Gasteiger partial charge in [0.2, 0.25) is 0 Å². The van der Waals surface area contributed by atoms with E-state index in [4.69, 9.17) is 11.6 Å². The Labute approximate surface area is 219 Å². The molecule has 184 valence electrons. The minimum absolute atomic E-state index is 0.0612. The monoisotopic (exact) mass is 512 g/mol. The van der Waals surface area contributed by atoms with E-state index in [1.807, 2.05) is 30.3 Å². The van der Waals surface area contributed by atoms with E-state index in [1.54, 1.807) is 12.1 Å². The highest BCUT2D eigenvalue weighted by Gasteiger charge is 2.20. The Bertz CT molecular complexity index is 1610. The minimum Gasteiger partial charge on any atom is -0.377 e. The molecular formula is C28H23ClFN7. The fourth-order valence-corrected chi connectivity index (χ4v) is 4.49. The highest BCUT2D eigenvalue weighted by atomic mass is 35.5. The summed E-state index contributed by atoms with van der Waals surface area (Å²) < 4.78 is 23.0. The first-order chi connectivity index (χ1) is 18.4. The van der Waals surface area contributed by atoms with E-state index >= 15 is 0 Å². The molecule has 2 aromatic heterocycles. The molecule has 5 rings (SSSR count). The Balaban J connectivity index is 1.63. The SMILES string of the molecule is [2H]C(Nc1cc(Cl)c2ncc(C#N)c(NC(CC)c3ccccc3)c2c1)(c1ccc(F)cc1)c1cn[nH]n1. The number of fused-ring (bicyclic) bond motifs is 1. The molecule has 3 N–H and O–H groups in total. The van der Waals surface area contributed by atoms with Crippen molar-refractivity contribution in [3.8, 4) is 6.07 Å². The molecule has 2 heterocycles. The van der Waals surface area contributed by atoms with Crippen LogP contribution >= 0.6 is 11.6 Å². The van der Waals surface area contributed by atoms with Gasteiger partial charge in [-0.25, -0.2) is 4.39 Å². The van der Waals surface area contributed by atoms with Gasteiger partial charge < -0.3 is 10.6 Å². The molecular weight excluding hydrogens is 489 g/mol. The molecule has 3 aromatic carbocycles. The quantitative estimate of drug-likeness (QED) is 0.212. The number of aromatic nitrogens is 4. The maximum absolute atomic E-state index is 13.7. The molecule has 0 fully saturated rings. The van der Waals surface area contributed by atoms with Crippen LogP contribution in [0.15, 0.2) is 79.1 Å². The standard InChI is InChI=1S/C28H23ClFN7/c1-2-24(17-6-4-3-5-7-17)35-26-19(14-31)15-32-28-22(26)12-21(13-23(28)29)34-27(25-16-33-37-36-25)18-8-10-20(30)11-9-18/h3-13,15-16,24,27,34H,2H2,1H3,(H,32,35)(H,33,36,37)/i27D. The van der Waals surface area contributed by atoms with Crippen LogP contribution < -0.4 is 10.6 Å². The Kier molecular flexibility index (Phi) is 6.60. The number of aromatic amines is 1. The highest BCUT2D eigenvalue weighted by Crippen LogP contribution is 2.37. The number of nitriles is 1. The van der Waals surface area contributed by atoms with Crippen molar-refractivity contribution >= 4 is 33.9 Å². The van der Waals surface area contributed by atoms with E-state index in [-0.39, 0.29) is 11.7 Å². The zero-order valence-corrected chi connectivity index (χ0v) is 20.6. The van der Waals surface area contributed by atoms with Crippen molar-refractivity contribution in [2.75, 3.05) is 10.6 Å². The van der Waals surface area contributed by atoms with Gasteiger partial charge in [0, 0.05) is 17.3 Å². The van der Waals surface area contributed by atoms with Crippen LogP contribution in [0.5, 0.6) is 0 Å². The van der Waals surface area contributed by atoms with Gasteiger partial charge in [0.25, 0.3) is 0 Å². The third kappa shape index (κ3) is 5.08. The average molecular weight is 513 g/mol. The van der Waals surface area contributed by atoms with Gasteiger partial charge in [-0.05, 0) is 41.8 Å². The first kappa shape index (κ1) is 23.0. The lowest BCUT2D eigenvalue weighted by Crippen LogP contribution is -2.14. The number of benzene rings is 3. The van der Waals surface area contributed by atoms with Crippen molar-refractivity contribution in [3.05, 3.63) is 112 Å². The van der Waals surface area contributed by atoms with Crippen LogP contribution in [-0.2, 0) is 0 Å². The maximum atomic E-state index is 13.7. The molecule has 0 saturated heterocycles. The van der Waals surface area contributed by atoms with Gasteiger partial charge in [-0.3, -0.25) is 4.98 Å². The Morgan fingerprint density at radius 1 is 1.08 bits per heavy atom.